The fourth-order valence-electron chi connectivity index (χ4n) is 3.01. The zero-order valence-corrected chi connectivity index (χ0v) is 16.1. The van der Waals surface area contributed by atoms with Gasteiger partial charge in [0.25, 0.3) is 10.0 Å². The molecule has 8 heteroatoms. The lowest BCUT2D eigenvalue weighted by Gasteiger charge is -2.40. The highest BCUT2D eigenvalue weighted by atomic mass is 35.5. The molecule has 0 aliphatic heterocycles. The van der Waals surface area contributed by atoms with Crippen LogP contribution in [0.15, 0.2) is 40.6 Å². The number of carbonyl (C=O) groups is 1. The SMILES string of the molecule is CCNC(=O)C1(c2ccc(NS(=O)(=O)c3ccc(Cl)s3)cc2)CCC1. The smallest absolute Gasteiger partial charge is 0.271 e. The van der Waals surface area contributed by atoms with Crippen molar-refractivity contribution < 1.29 is 13.2 Å². The molecule has 0 saturated heterocycles. The molecule has 1 heterocycles. The van der Waals surface area contributed by atoms with Gasteiger partial charge in [0, 0.05) is 12.2 Å². The molecule has 0 bridgehead atoms. The van der Waals surface area contributed by atoms with E-state index in [1.165, 1.54) is 6.07 Å². The zero-order chi connectivity index (χ0) is 18.1. The molecule has 1 aromatic carbocycles. The Morgan fingerprint density at radius 2 is 1.88 bits per heavy atom. The van der Waals surface area contributed by atoms with E-state index in [-0.39, 0.29) is 10.1 Å². The largest absolute Gasteiger partial charge is 0.356 e. The summed E-state index contributed by atoms with van der Waals surface area (Å²) in [5.74, 6) is 0.0443. The summed E-state index contributed by atoms with van der Waals surface area (Å²) in [5.41, 5.74) is 0.903. The van der Waals surface area contributed by atoms with Crippen LogP contribution in [0.5, 0.6) is 0 Å². The summed E-state index contributed by atoms with van der Waals surface area (Å²) in [6, 6.07) is 10.1. The van der Waals surface area contributed by atoms with E-state index in [0.717, 1.165) is 36.2 Å². The first-order valence-corrected chi connectivity index (χ1v) is 10.7. The van der Waals surface area contributed by atoms with Crippen LogP contribution < -0.4 is 10.0 Å². The van der Waals surface area contributed by atoms with Gasteiger partial charge < -0.3 is 5.32 Å². The Morgan fingerprint density at radius 1 is 1.20 bits per heavy atom. The minimum Gasteiger partial charge on any atom is -0.356 e. The van der Waals surface area contributed by atoms with Crippen LogP contribution in [0.4, 0.5) is 5.69 Å². The fourth-order valence-corrected chi connectivity index (χ4v) is 5.55. The fraction of sp³-hybridized carbons (Fsp3) is 0.353. The summed E-state index contributed by atoms with van der Waals surface area (Å²) in [4.78, 5) is 12.4. The molecular weight excluding hydrogens is 380 g/mol. The first-order chi connectivity index (χ1) is 11.9. The first kappa shape index (κ1) is 18.2. The third-order valence-corrected chi connectivity index (χ3v) is 7.59. The Hall–Kier alpha value is -1.57. The van der Waals surface area contributed by atoms with Gasteiger partial charge in [-0.15, -0.1) is 11.3 Å². The van der Waals surface area contributed by atoms with Gasteiger partial charge in [0.2, 0.25) is 5.91 Å². The summed E-state index contributed by atoms with van der Waals surface area (Å²) in [5, 5.41) is 2.90. The van der Waals surface area contributed by atoms with Crippen molar-refractivity contribution in [1.82, 2.24) is 5.32 Å². The minimum atomic E-state index is -3.65. The van der Waals surface area contributed by atoms with Gasteiger partial charge in [-0.25, -0.2) is 8.42 Å². The molecule has 134 valence electrons. The van der Waals surface area contributed by atoms with E-state index in [0.29, 0.717) is 16.6 Å². The predicted octanol–water partition coefficient (Wildman–Crippen LogP) is 3.76. The van der Waals surface area contributed by atoms with Crippen molar-refractivity contribution in [3.63, 3.8) is 0 Å². The summed E-state index contributed by atoms with van der Waals surface area (Å²) >= 11 is 6.81. The third kappa shape index (κ3) is 3.54. The quantitative estimate of drug-likeness (QED) is 0.777. The van der Waals surface area contributed by atoms with Gasteiger partial charge in [-0.05, 0) is 49.6 Å². The lowest BCUT2D eigenvalue weighted by atomic mass is 9.64. The molecule has 5 nitrogen and oxygen atoms in total. The average molecular weight is 399 g/mol. The number of amides is 1. The Morgan fingerprint density at radius 3 is 2.36 bits per heavy atom. The monoisotopic (exact) mass is 398 g/mol. The highest BCUT2D eigenvalue weighted by Gasteiger charge is 2.45. The van der Waals surface area contributed by atoms with Crippen LogP contribution in [0.25, 0.3) is 0 Å². The number of halogens is 1. The number of benzene rings is 1. The van der Waals surface area contributed by atoms with E-state index < -0.39 is 15.4 Å². The Labute approximate surface area is 156 Å². The molecule has 0 unspecified atom stereocenters. The number of likely N-dealkylation sites (N-methyl/N-ethyl adjacent to an activating group) is 1. The number of hydrogen-bond acceptors (Lipinski definition) is 4. The number of thiophene rings is 1. The number of sulfonamides is 1. The average Bonchev–Trinajstić information content (AvgIpc) is 2.95. The van der Waals surface area contributed by atoms with Crippen molar-refractivity contribution in [3.8, 4) is 0 Å². The molecule has 1 saturated carbocycles. The Balaban J connectivity index is 1.80. The Kier molecular flexibility index (Phi) is 5.09. The molecule has 1 aliphatic carbocycles. The van der Waals surface area contributed by atoms with Gasteiger partial charge in [-0.3, -0.25) is 9.52 Å². The van der Waals surface area contributed by atoms with Gasteiger partial charge in [0.05, 0.1) is 9.75 Å². The topological polar surface area (TPSA) is 75.3 Å². The highest BCUT2D eigenvalue weighted by Crippen LogP contribution is 2.44. The molecule has 1 aliphatic rings. The van der Waals surface area contributed by atoms with Gasteiger partial charge in [0.1, 0.15) is 4.21 Å². The van der Waals surface area contributed by atoms with Crippen LogP contribution >= 0.6 is 22.9 Å². The van der Waals surface area contributed by atoms with Crippen LogP contribution in [0.2, 0.25) is 4.34 Å². The molecule has 0 radical (unpaired) electrons. The molecule has 1 aromatic heterocycles. The standard InChI is InChI=1S/C17H19ClN2O3S2/c1-2-19-16(21)17(10-3-11-17)12-4-6-13(7-5-12)20-25(22,23)15-9-8-14(18)24-15/h4-9,20H,2-3,10-11H2,1H3,(H,19,21). The van der Waals surface area contributed by atoms with Crippen molar-refractivity contribution in [3.05, 3.63) is 46.3 Å². The second-order valence-corrected chi connectivity index (χ2v) is 9.66. The van der Waals surface area contributed by atoms with E-state index in [1.807, 2.05) is 19.1 Å². The molecule has 2 aromatic rings. The predicted molar refractivity (Wildman–Crippen MR) is 101 cm³/mol. The van der Waals surface area contributed by atoms with Crippen LogP contribution in [-0.2, 0) is 20.2 Å². The summed E-state index contributed by atoms with van der Waals surface area (Å²) in [7, 11) is -3.65. The van der Waals surface area contributed by atoms with Gasteiger partial charge in [-0.1, -0.05) is 30.2 Å². The van der Waals surface area contributed by atoms with Crippen molar-refractivity contribution in [1.29, 1.82) is 0 Å². The van der Waals surface area contributed by atoms with Crippen molar-refractivity contribution >= 4 is 44.6 Å². The van der Waals surface area contributed by atoms with E-state index in [4.69, 9.17) is 11.6 Å². The third-order valence-electron chi connectivity index (χ3n) is 4.48. The molecule has 2 N–H and O–H groups in total. The van der Waals surface area contributed by atoms with E-state index in [1.54, 1.807) is 18.2 Å². The van der Waals surface area contributed by atoms with Crippen LogP contribution in [0.1, 0.15) is 31.7 Å². The van der Waals surface area contributed by atoms with Crippen LogP contribution in [-0.4, -0.2) is 20.9 Å². The number of nitrogens with one attached hydrogen (secondary N) is 2. The summed E-state index contributed by atoms with van der Waals surface area (Å²) in [6.07, 6.45) is 2.65. The Bertz CT molecular complexity index is 872. The van der Waals surface area contributed by atoms with Crippen LogP contribution in [0, 0.1) is 0 Å². The summed E-state index contributed by atoms with van der Waals surface area (Å²) < 4.78 is 27.8. The number of rotatable bonds is 6. The molecule has 0 atom stereocenters. The first-order valence-electron chi connectivity index (χ1n) is 8.04. The maximum atomic E-state index is 12.4. The van der Waals surface area contributed by atoms with Crippen LogP contribution in [0.3, 0.4) is 0 Å². The molecule has 0 spiro atoms. The molecular formula is C17H19ClN2O3S2. The maximum Gasteiger partial charge on any atom is 0.271 e. The second kappa shape index (κ2) is 6.97. The number of carbonyl (C=O) groups excluding carboxylic acids is 1. The molecule has 1 amide bonds. The normalized spacial score (nSPS) is 16.1. The van der Waals surface area contributed by atoms with Gasteiger partial charge in [0.15, 0.2) is 0 Å². The number of hydrogen-bond donors (Lipinski definition) is 2. The second-order valence-electron chi connectivity index (χ2n) is 6.04. The summed E-state index contributed by atoms with van der Waals surface area (Å²) in [6.45, 7) is 2.50. The van der Waals surface area contributed by atoms with Crippen molar-refractivity contribution in [2.75, 3.05) is 11.3 Å². The highest BCUT2D eigenvalue weighted by molar-refractivity contribution is 7.94. The lowest BCUT2D eigenvalue weighted by Crippen LogP contribution is -2.49. The lowest BCUT2D eigenvalue weighted by molar-refractivity contribution is -0.129. The molecule has 25 heavy (non-hydrogen) atoms. The van der Waals surface area contributed by atoms with Gasteiger partial charge >= 0.3 is 0 Å². The van der Waals surface area contributed by atoms with Crippen molar-refractivity contribution in [2.24, 2.45) is 0 Å². The van der Waals surface area contributed by atoms with E-state index >= 15 is 0 Å². The maximum absolute atomic E-state index is 12.4. The molecule has 3 rings (SSSR count). The van der Waals surface area contributed by atoms with E-state index in [9.17, 15) is 13.2 Å². The van der Waals surface area contributed by atoms with Gasteiger partial charge in [-0.2, -0.15) is 0 Å². The minimum absolute atomic E-state index is 0.0443. The van der Waals surface area contributed by atoms with E-state index in [2.05, 4.69) is 10.0 Å². The van der Waals surface area contributed by atoms with Crippen molar-refractivity contribution in [2.45, 2.75) is 35.8 Å². The molecule has 1 fully saturated rings. The zero-order valence-electron chi connectivity index (χ0n) is 13.7. The number of anilines is 1.